The molecule has 0 amide bonds. The molecule has 7 nitrogen and oxygen atoms in total. The van der Waals surface area contributed by atoms with Gasteiger partial charge in [0.25, 0.3) is 0 Å². The van der Waals surface area contributed by atoms with Crippen LogP contribution in [0.5, 0.6) is 5.75 Å². The molecule has 0 aliphatic heterocycles. The van der Waals surface area contributed by atoms with Crippen LogP contribution in [0.2, 0.25) is 0 Å². The molecule has 0 aliphatic rings. The first-order valence-electron chi connectivity index (χ1n) is 10.1. The molecule has 0 atom stereocenters. The standard InChI is InChI=1S/C25H25N3O4/c1-2-30-24(29)15-19-7-3-4-9-23(19)32-16-18-13-20-10-12-31-25(20)21(14-18)22(28-17-27)8-5-6-11-26/h3-14,17,27H,2,15-16,26H2,1H3/b8-5+,11-6+,27-17?,28-22?. The number of hydrogen-bond donors (Lipinski definition) is 2. The molecule has 2 aromatic carbocycles. The fourth-order valence-electron chi connectivity index (χ4n) is 3.22. The molecule has 0 bridgehead atoms. The first kappa shape index (κ1) is 22.6. The minimum atomic E-state index is -0.295. The molecule has 1 heterocycles. The second-order valence-corrected chi connectivity index (χ2v) is 6.75. The van der Waals surface area contributed by atoms with E-state index in [-0.39, 0.29) is 19.0 Å². The molecule has 0 fully saturated rings. The van der Waals surface area contributed by atoms with Gasteiger partial charge in [0, 0.05) is 16.5 Å². The van der Waals surface area contributed by atoms with E-state index in [1.54, 1.807) is 31.4 Å². The average Bonchev–Trinajstić information content (AvgIpc) is 3.26. The van der Waals surface area contributed by atoms with Crippen molar-refractivity contribution in [2.75, 3.05) is 6.61 Å². The van der Waals surface area contributed by atoms with Gasteiger partial charge in [-0.2, -0.15) is 0 Å². The van der Waals surface area contributed by atoms with Crippen molar-refractivity contribution in [2.45, 2.75) is 20.0 Å². The number of allylic oxidation sites excluding steroid dienone is 3. The summed E-state index contributed by atoms with van der Waals surface area (Å²) < 4.78 is 16.8. The number of ether oxygens (including phenoxy) is 2. The Balaban J connectivity index is 1.89. The Labute approximate surface area is 186 Å². The van der Waals surface area contributed by atoms with Crippen molar-refractivity contribution in [3.05, 3.63) is 89.8 Å². The molecule has 0 saturated heterocycles. The maximum atomic E-state index is 11.9. The van der Waals surface area contributed by atoms with Crippen LogP contribution < -0.4 is 10.5 Å². The molecule has 0 unspecified atom stereocenters. The SMILES string of the molecule is CCOC(=O)Cc1ccccc1OCc1cc(C(/C=C/C=C/N)=NC=N)c2occc2c1. The molecule has 3 rings (SSSR count). The van der Waals surface area contributed by atoms with E-state index in [0.29, 0.717) is 23.7 Å². The summed E-state index contributed by atoms with van der Waals surface area (Å²) in [5, 5.41) is 8.30. The van der Waals surface area contributed by atoms with Gasteiger partial charge in [0.2, 0.25) is 0 Å². The third-order valence-corrected chi connectivity index (χ3v) is 4.57. The molecular weight excluding hydrogens is 406 g/mol. The number of fused-ring (bicyclic) bond motifs is 1. The Kier molecular flexibility index (Phi) is 7.97. The van der Waals surface area contributed by atoms with E-state index in [4.69, 9.17) is 25.0 Å². The molecule has 0 radical (unpaired) electrons. The van der Waals surface area contributed by atoms with Crippen molar-refractivity contribution in [2.24, 2.45) is 10.7 Å². The van der Waals surface area contributed by atoms with Crippen molar-refractivity contribution in [3.63, 3.8) is 0 Å². The van der Waals surface area contributed by atoms with Gasteiger partial charge in [-0.05, 0) is 55.1 Å². The summed E-state index contributed by atoms with van der Waals surface area (Å²) in [6, 6.07) is 13.2. The molecule has 0 saturated carbocycles. The van der Waals surface area contributed by atoms with Crippen molar-refractivity contribution in [1.82, 2.24) is 0 Å². The lowest BCUT2D eigenvalue weighted by Crippen LogP contribution is -2.09. The van der Waals surface area contributed by atoms with Crippen LogP contribution in [0.1, 0.15) is 23.6 Å². The molecule has 0 spiro atoms. The first-order chi connectivity index (χ1) is 15.7. The lowest BCUT2D eigenvalue weighted by atomic mass is 10.0. The summed E-state index contributed by atoms with van der Waals surface area (Å²) in [5.41, 5.74) is 9.01. The number of hydrogen-bond acceptors (Lipinski definition) is 6. The maximum absolute atomic E-state index is 11.9. The Morgan fingerprint density at radius 1 is 1.22 bits per heavy atom. The molecular formula is C25H25N3O4. The Morgan fingerprint density at radius 3 is 2.84 bits per heavy atom. The molecule has 32 heavy (non-hydrogen) atoms. The molecule has 3 aromatic rings. The third kappa shape index (κ3) is 5.72. The van der Waals surface area contributed by atoms with Gasteiger partial charge in [0.15, 0.2) is 0 Å². The summed E-state index contributed by atoms with van der Waals surface area (Å²) in [6.07, 6.45) is 9.32. The van der Waals surface area contributed by atoms with Gasteiger partial charge in [-0.15, -0.1) is 0 Å². The zero-order valence-electron chi connectivity index (χ0n) is 17.8. The number of aliphatic imine (C=N–C) groups is 1. The van der Waals surface area contributed by atoms with E-state index in [2.05, 4.69) is 4.99 Å². The first-order valence-corrected chi connectivity index (χ1v) is 10.1. The summed E-state index contributed by atoms with van der Waals surface area (Å²) in [4.78, 5) is 16.1. The number of nitrogens with zero attached hydrogens (tertiary/aromatic N) is 1. The van der Waals surface area contributed by atoms with Crippen LogP contribution in [-0.2, 0) is 22.6 Å². The number of benzene rings is 2. The fraction of sp³-hybridized carbons (Fsp3) is 0.160. The summed E-state index contributed by atoms with van der Waals surface area (Å²) in [5.74, 6) is 0.326. The number of para-hydroxylation sites is 1. The predicted molar refractivity (Wildman–Crippen MR) is 125 cm³/mol. The summed E-state index contributed by atoms with van der Waals surface area (Å²) >= 11 is 0. The maximum Gasteiger partial charge on any atom is 0.310 e. The Bertz CT molecular complexity index is 1170. The number of nitrogens with one attached hydrogen (secondary N) is 1. The number of furan rings is 1. The Morgan fingerprint density at radius 2 is 2.06 bits per heavy atom. The third-order valence-electron chi connectivity index (χ3n) is 4.57. The van der Waals surface area contributed by atoms with Crippen LogP contribution in [0, 0.1) is 5.41 Å². The molecule has 164 valence electrons. The topological polar surface area (TPSA) is 111 Å². The predicted octanol–water partition coefficient (Wildman–Crippen LogP) is 4.54. The average molecular weight is 431 g/mol. The number of carbonyl (C=O) groups is 1. The van der Waals surface area contributed by atoms with E-state index in [9.17, 15) is 4.79 Å². The van der Waals surface area contributed by atoms with E-state index in [1.807, 2.05) is 42.5 Å². The zero-order valence-corrected chi connectivity index (χ0v) is 17.8. The quantitative estimate of drug-likeness (QED) is 0.212. The van der Waals surface area contributed by atoms with Gasteiger partial charge in [-0.1, -0.05) is 24.3 Å². The normalized spacial score (nSPS) is 12.0. The van der Waals surface area contributed by atoms with E-state index in [1.165, 1.54) is 6.20 Å². The number of nitrogens with two attached hydrogens (primary N) is 1. The van der Waals surface area contributed by atoms with Crippen LogP contribution in [0.25, 0.3) is 11.0 Å². The highest BCUT2D eigenvalue weighted by Crippen LogP contribution is 2.26. The number of carbonyl (C=O) groups excluding carboxylic acids is 1. The van der Waals surface area contributed by atoms with Crippen molar-refractivity contribution in [1.29, 1.82) is 5.41 Å². The largest absolute Gasteiger partial charge is 0.489 e. The highest BCUT2D eigenvalue weighted by atomic mass is 16.5. The second-order valence-electron chi connectivity index (χ2n) is 6.75. The number of esters is 1. The van der Waals surface area contributed by atoms with E-state index >= 15 is 0 Å². The van der Waals surface area contributed by atoms with Crippen molar-refractivity contribution >= 4 is 29.0 Å². The monoisotopic (exact) mass is 431 g/mol. The van der Waals surface area contributed by atoms with Gasteiger partial charge >= 0.3 is 5.97 Å². The van der Waals surface area contributed by atoms with Gasteiger partial charge in [-0.3, -0.25) is 10.2 Å². The van der Waals surface area contributed by atoms with Crippen molar-refractivity contribution in [3.8, 4) is 5.75 Å². The van der Waals surface area contributed by atoms with Gasteiger partial charge in [0.05, 0.1) is 25.0 Å². The molecule has 7 heteroatoms. The van der Waals surface area contributed by atoms with Crippen LogP contribution in [-0.4, -0.2) is 24.6 Å². The van der Waals surface area contributed by atoms with Crippen LogP contribution in [0.4, 0.5) is 0 Å². The molecule has 0 aliphatic carbocycles. The molecule has 1 aromatic heterocycles. The fourth-order valence-corrected chi connectivity index (χ4v) is 3.22. The zero-order chi connectivity index (χ0) is 22.8. The van der Waals surface area contributed by atoms with Gasteiger partial charge in [0.1, 0.15) is 24.3 Å². The highest BCUT2D eigenvalue weighted by molar-refractivity contribution is 6.17. The van der Waals surface area contributed by atoms with E-state index in [0.717, 1.165) is 28.4 Å². The van der Waals surface area contributed by atoms with E-state index < -0.39 is 0 Å². The van der Waals surface area contributed by atoms with Gasteiger partial charge < -0.3 is 19.6 Å². The highest BCUT2D eigenvalue weighted by Gasteiger charge is 2.13. The van der Waals surface area contributed by atoms with Crippen molar-refractivity contribution < 1.29 is 18.7 Å². The summed E-state index contributed by atoms with van der Waals surface area (Å²) in [6.45, 7) is 2.39. The van der Waals surface area contributed by atoms with Crippen LogP contribution in [0.3, 0.4) is 0 Å². The van der Waals surface area contributed by atoms with Gasteiger partial charge in [-0.25, -0.2) is 4.99 Å². The Hall–Kier alpha value is -4.13. The second kappa shape index (κ2) is 11.3. The van der Waals surface area contributed by atoms with Crippen LogP contribution in [0.15, 0.2) is 82.6 Å². The smallest absolute Gasteiger partial charge is 0.310 e. The lowest BCUT2D eigenvalue weighted by Gasteiger charge is -2.12. The molecule has 3 N–H and O–H groups in total. The van der Waals surface area contributed by atoms with Crippen LogP contribution >= 0.6 is 0 Å². The lowest BCUT2D eigenvalue weighted by molar-refractivity contribution is -0.142. The minimum absolute atomic E-state index is 0.144. The summed E-state index contributed by atoms with van der Waals surface area (Å²) in [7, 11) is 0. The minimum Gasteiger partial charge on any atom is -0.489 e. The number of rotatable bonds is 10.